The number of hydrogen-bond donors (Lipinski definition) is 0. The first kappa shape index (κ1) is 13.4. The van der Waals surface area contributed by atoms with Crippen LogP contribution in [-0.4, -0.2) is 12.1 Å². The quantitative estimate of drug-likeness (QED) is 0.719. The Kier molecular flexibility index (Phi) is 3.73. The van der Waals surface area contributed by atoms with Gasteiger partial charge in [0.2, 0.25) is 0 Å². The van der Waals surface area contributed by atoms with Gasteiger partial charge < -0.3 is 9.47 Å². The topological polar surface area (TPSA) is 31.4 Å². The van der Waals surface area contributed by atoms with Crippen LogP contribution in [0.25, 0.3) is 10.8 Å². The van der Waals surface area contributed by atoms with Crippen LogP contribution in [0.15, 0.2) is 54.7 Å². The molecule has 3 nitrogen and oxygen atoms in total. The zero-order valence-electron chi connectivity index (χ0n) is 12.2. The third-order valence-corrected chi connectivity index (χ3v) is 3.49. The van der Waals surface area contributed by atoms with Crippen LogP contribution in [-0.2, 0) is 6.61 Å². The third-order valence-electron chi connectivity index (χ3n) is 3.49. The predicted molar refractivity (Wildman–Crippen MR) is 83.8 cm³/mol. The van der Waals surface area contributed by atoms with E-state index >= 15 is 0 Å². The largest absolute Gasteiger partial charge is 0.493 e. The molecule has 2 aromatic carbocycles. The fraction of sp³-hybridized carbons (Fsp3) is 0.167. The average Bonchev–Trinajstić information content (AvgIpc) is 2.53. The minimum Gasteiger partial charge on any atom is -0.493 e. The number of ether oxygens (including phenoxy) is 2. The zero-order chi connectivity index (χ0) is 14.7. The number of aryl methyl sites for hydroxylation is 1. The maximum Gasteiger partial charge on any atom is 0.162 e. The number of methoxy groups -OCH3 is 1. The number of benzene rings is 2. The Morgan fingerprint density at radius 2 is 1.81 bits per heavy atom. The Bertz CT molecular complexity index is 754. The SMILES string of the molecule is COc1cc2c(C)nccc2cc1OCc1ccccc1. The lowest BCUT2D eigenvalue weighted by Gasteiger charge is -2.13. The molecule has 3 aromatic rings. The summed E-state index contributed by atoms with van der Waals surface area (Å²) < 4.78 is 11.4. The molecule has 0 fully saturated rings. The summed E-state index contributed by atoms with van der Waals surface area (Å²) in [5, 5.41) is 2.19. The number of fused-ring (bicyclic) bond motifs is 1. The van der Waals surface area contributed by atoms with E-state index in [2.05, 4.69) is 4.98 Å². The van der Waals surface area contributed by atoms with Gasteiger partial charge in [-0.3, -0.25) is 4.98 Å². The highest BCUT2D eigenvalue weighted by molar-refractivity contribution is 5.87. The van der Waals surface area contributed by atoms with Gasteiger partial charge in [0.25, 0.3) is 0 Å². The van der Waals surface area contributed by atoms with Crippen LogP contribution in [0.4, 0.5) is 0 Å². The van der Waals surface area contributed by atoms with Crippen molar-refractivity contribution in [3.63, 3.8) is 0 Å². The predicted octanol–water partition coefficient (Wildman–Crippen LogP) is 4.13. The molecule has 0 bridgehead atoms. The van der Waals surface area contributed by atoms with Crippen LogP contribution in [0, 0.1) is 6.92 Å². The molecule has 0 spiro atoms. The monoisotopic (exact) mass is 279 g/mol. The van der Waals surface area contributed by atoms with Gasteiger partial charge >= 0.3 is 0 Å². The smallest absolute Gasteiger partial charge is 0.162 e. The molecule has 106 valence electrons. The van der Waals surface area contributed by atoms with Crippen molar-refractivity contribution in [2.75, 3.05) is 7.11 Å². The van der Waals surface area contributed by atoms with Crippen molar-refractivity contribution < 1.29 is 9.47 Å². The van der Waals surface area contributed by atoms with E-state index in [1.54, 1.807) is 7.11 Å². The van der Waals surface area contributed by atoms with Gasteiger partial charge in [-0.25, -0.2) is 0 Å². The standard InChI is InChI=1S/C18H17NO2/c1-13-16-11-17(20-2)18(10-15(16)8-9-19-13)21-12-14-6-4-3-5-7-14/h3-11H,12H2,1-2H3. The fourth-order valence-corrected chi connectivity index (χ4v) is 2.33. The normalized spacial score (nSPS) is 10.6. The highest BCUT2D eigenvalue weighted by atomic mass is 16.5. The van der Waals surface area contributed by atoms with E-state index in [0.29, 0.717) is 6.61 Å². The van der Waals surface area contributed by atoms with Gasteiger partial charge in [0.1, 0.15) is 6.61 Å². The second-order valence-electron chi connectivity index (χ2n) is 4.89. The van der Waals surface area contributed by atoms with Gasteiger partial charge in [0.15, 0.2) is 11.5 Å². The first-order chi connectivity index (χ1) is 10.3. The number of pyridine rings is 1. The van der Waals surface area contributed by atoms with Crippen molar-refractivity contribution >= 4 is 10.8 Å². The van der Waals surface area contributed by atoms with E-state index in [0.717, 1.165) is 33.5 Å². The second kappa shape index (κ2) is 5.83. The van der Waals surface area contributed by atoms with Gasteiger partial charge in [-0.1, -0.05) is 30.3 Å². The minimum atomic E-state index is 0.521. The van der Waals surface area contributed by atoms with Crippen molar-refractivity contribution in [2.45, 2.75) is 13.5 Å². The lowest BCUT2D eigenvalue weighted by molar-refractivity contribution is 0.285. The van der Waals surface area contributed by atoms with E-state index < -0.39 is 0 Å². The molecule has 0 unspecified atom stereocenters. The summed E-state index contributed by atoms with van der Waals surface area (Å²) in [5.74, 6) is 1.48. The molecule has 1 aromatic heterocycles. The maximum absolute atomic E-state index is 5.92. The molecule has 0 amide bonds. The van der Waals surface area contributed by atoms with E-state index in [-0.39, 0.29) is 0 Å². The van der Waals surface area contributed by atoms with Crippen molar-refractivity contribution in [3.05, 3.63) is 66.0 Å². The number of aromatic nitrogens is 1. The van der Waals surface area contributed by atoms with E-state index in [1.165, 1.54) is 0 Å². The van der Waals surface area contributed by atoms with Gasteiger partial charge in [-0.2, -0.15) is 0 Å². The van der Waals surface area contributed by atoms with Crippen LogP contribution in [0.3, 0.4) is 0 Å². The van der Waals surface area contributed by atoms with Crippen LogP contribution < -0.4 is 9.47 Å². The van der Waals surface area contributed by atoms with Gasteiger partial charge in [0, 0.05) is 17.3 Å². The highest BCUT2D eigenvalue weighted by Gasteiger charge is 2.09. The second-order valence-corrected chi connectivity index (χ2v) is 4.89. The number of nitrogens with zero attached hydrogens (tertiary/aromatic N) is 1. The summed E-state index contributed by atoms with van der Waals surface area (Å²) in [6, 6.07) is 16.1. The maximum atomic E-state index is 5.92. The van der Waals surface area contributed by atoms with Gasteiger partial charge in [-0.15, -0.1) is 0 Å². The fourth-order valence-electron chi connectivity index (χ4n) is 2.33. The minimum absolute atomic E-state index is 0.521. The molecule has 3 heteroatoms. The molecular weight excluding hydrogens is 262 g/mol. The van der Waals surface area contributed by atoms with Crippen molar-refractivity contribution in [3.8, 4) is 11.5 Å². The molecule has 0 aliphatic rings. The molecule has 0 N–H and O–H groups in total. The van der Waals surface area contributed by atoms with Crippen molar-refractivity contribution in [1.29, 1.82) is 0 Å². The van der Waals surface area contributed by atoms with Crippen LogP contribution in [0.2, 0.25) is 0 Å². The lowest BCUT2D eigenvalue weighted by atomic mass is 10.1. The molecule has 0 radical (unpaired) electrons. The third kappa shape index (κ3) is 2.82. The summed E-state index contributed by atoms with van der Waals surface area (Å²) in [6.07, 6.45) is 1.81. The first-order valence-electron chi connectivity index (χ1n) is 6.88. The summed E-state index contributed by atoms with van der Waals surface area (Å²) in [7, 11) is 1.66. The molecule has 1 heterocycles. The zero-order valence-corrected chi connectivity index (χ0v) is 12.2. The molecule has 3 rings (SSSR count). The molecule has 0 aliphatic heterocycles. The summed E-state index contributed by atoms with van der Waals surface area (Å²) in [6.45, 7) is 2.51. The Balaban J connectivity index is 1.94. The Morgan fingerprint density at radius 3 is 2.57 bits per heavy atom. The van der Waals surface area contributed by atoms with E-state index in [9.17, 15) is 0 Å². The van der Waals surface area contributed by atoms with E-state index in [4.69, 9.17) is 9.47 Å². The van der Waals surface area contributed by atoms with Crippen LogP contribution >= 0.6 is 0 Å². The molecule has 0 aliphatic carbocycles. The van der Waals surface area contributed by atoms with Gasteiger partial charge in [0.05, 0.1) is 7.11 Å². The first-order valence-corrected chi connectivity index (χ1v) is 6.88. The summed E-state index contributed by atoms with van der Waals surface area (Å²) in [4.78, 5) is 4.31. The molecule has 21 heavy (non-hydrogen) atoms. The van der Waals surface area contributed by atoms with Crippen LogP contribution in [0.1, 0.15) is 11.3 Å². The van der Waals surface area contributed by atoms with Gasteiger partial charge in [-0.05, 0) is 36.1 Å². The lowest BCUT2D eigenvalue weighted by Crippen LogP contribution is -1.98. The van der Waals surface area contributed by atoms with E-state index in [1.807, 2.05) is 61.7 Å². The average molecular weight is 279 g/mol. The Morgan fingerprint density at radius 1 is 1.00 bits per heavy atom. The summed E-state index contributed by atoms with van der Waals surface area (Å²) >= 11 is 0. The number of rotatable bonds is 4. The van der Waals surface area contributed by atoms with Crippen LogP contribution in [0.5, 0.6) is 11.5 Å². The Labute approximate surface area is 124 Å². The van der Waals surface area contributed by atoms with Crippen molar-refractivity contribution in [2.24, 2.45) is 0 Å². The molecule has 0 saturated carbocycles. The molecule has 0 atom stereocenters. The highest BCUT2D eigenvalue weighted by Crippen LogP contribution is 2.33. The summed E-state index contributed by atoms with van der Waals surface area (Å²) in [5.41, 5.74) is 2.12. The molecule has 0 saturated heterocycles. The van der Waals surface area contributed by atoms with Crippen molar-refractivity contribution in [1.82, 2.24) is 4.98 Å². The number of hydrogen-bond acceptors (Lipinski definition) is 3. The molecular formula is C18H17NO2. The Hall–Kier alpha value is -2.55.